The van der Waals surface area contributed by atoms with Crippen LogP contribution in [0.15, 0.2) is 36.2 Å². The Morgan fingerprint density at radius 3 is 2.22 bits per heavy atom. The molecule has 0 spiro atoms. The minimum absolute atomic E-state index is 0.530. The van der Waals surface area contributed by atoms with Crippen molar-refractivity contribution in [3.8, 4) is 0 Å². The quantitative estimate of drug-likeness (QED) is 0.499. The third kappa shape index (κ3) is 2.85. The summed E-state index contributed by atoms with van der Waals surface area (Å²) >= 11 is 0. The van der Waals surface area contributed by atoms with E-state index < -0.39 is 0 Å². The van der Waals surface area contributed by atoms with Crippen molar-refractivity contribution in [3.63, 3.8) is 0 Å². The molecule has 0 heterocycles. The van der Waals surface area contributed by atoms with Crippen molar-refractivity contribution in [1.82, 2.24) is 0 Å². The molecular formula is C8H11F. The molecule has 0 aliphatic heterocycles. The monoisotopic (exact) mass is 126 g/mol. The van der Waals surface area contributed by atoms with Gasteiger partial charge in [0.1, 0.15) is 0 Å². The van der Waals surface area contributed by atoms with Crippen LogP contribution in [0.1, 0.15) is 13.8 Å². The third-order valence-corrected chi connectivity index (χ3v) is 1.24. The van der Waals surface area contributed by atoms with Crippen molar-refractivity contribution in [2.75, 3.05) is 0 Å². The van der Waals surface area contributed by atoms with Crippen molar-refractivity contribution in [2.45, 2.75) is 13.8 Å². The van der Waals surface area contributed by atoms with Gasteiger partial charge in [-0.2, -0.15) is 0 Å². The minimum Gasteiger partial charge on any atom is -0.216 e. The van der Waals surface area contributed by atoms with Gasteiger partial charge < -0.3 is 0 Å². The zero-order chi connectivity index (χ0) is 7.28. The van der Waals surface area contributed by atoms with E-state index >= 15 is 0 Å². The zero-order valence-corrected chi connectivity index (χ0v) is 5.82. The summed E-state index contributed by atoms with van der Waals surface area (Å²) < 4.78 is 11.5. The van der Waals surface area contributed by atoms with E-state index in [4.69, 9.17) is 0 Å². The number of hydrogen-bond acceptors (Lipinski definition) is 0. The van der Waals surface area contributed by atoms with Gasteiger partial charge >= 0.3 is 0 Å². The van der Waals surface area contributed by atoms with Gasteiger partial charge in [0.05, 0.1) is 6.33 Å². The van der Waals surface area contributed by atoms with Crippen LogP contribution in [-0.4, -0.2) is 0 Å². The predicted octanol–water partition coefficient (Wildman–Crippen LogP) is 2.99. The normalized spacial score (nSPS) is 13.7. The van der Waals surface area contributed by atoms with Crippen LogP contribution in [0.2, 0.25) is 0 Å². The third-order valence-electron chi connectivity index (χ3n) is 1.24. The lowest BCUT2D eigenvalue weighted by molar-refractivity contribution is 0.720. The smallest absolute Gasteiger partial charge is 0.0869 e. The molecule has 0 radical (unpaired) electrons. The Kier molecular flexibility index (Phi) is 3.69. The van der Waals surface area contributed by atoms with E-state index in [2.05, 4.69) is 6.58 Å². The first-order chi connectivity index (χ1) is 4.22. The molecule has 0 bridgehead atoms. The van der Waals surface area contributed by atoms with Gasteiger partial charge in [-0.1, -0.05) is 12.7 Å². The average Bonchev–Trinajstić information content (AvgIpc) is 1.87. The van der Waals surface area contributed by atoms with Gasteiger partial charge in [-0.05, 0) is 31.1 Å². The van der Waals surface area contributed by atoms with Gasteiger partial charge in [-0.3, -0.25) is 0 Å². The highest BCUT2D eigenvalue weighted by Gasteiger charge is 1.84. The van der Waals surface area contributed by atoms with E-state index in [1.807, 2.05) is 13.8 Å². The van der Waals surface area contributed by atoms with E-state index in [1.54, 1.807) is 6.08 Å². The Bertz CT molecular complexity index is 152. The molecule has 0 unspecified atom stereocenters. The van der Waals surface area contributed by atoms with Gasteiger partial charge in [0.25, 0.3) is 0 Å². The first kappa shape index (κ1) is 8.15. The summed E-state index contributed by atoms with van der Waals surface area (Å²) in [6, 6.07) is 0. The Morgan fingerprint density at radius 1 is 1.33 bits per heavy atom. The Morgan fingerprint density at radius 2 is 1.89 bits per heavy atom. The van der Waals surface area contributed by atoms with E-state index in [-0.39, 0.29) is 0 Å². The fraction of sp³-hybridized carbons (Fsp3) is 0.250. The highest BCUT2D eigenvalue weighted by Crippen LogP contribution is 2.04. The van der Waals surface area contributed by atoms with Crippen molar-refractivity contribution in [3.05, 3.63) is 36.2 Å². The van der Waals surface area contributed by atoms with E-state index in [1.165, 1.54) is 6.08 Å². The lowest BCUT2D eigenvalue weighted by Crippen LogP contribution is -1.72. The summed E-state index contributed by atoms with van der Waals surface area (Å²) in [5.41, 5.74) is 1.91. The summed E-state index contributed by atoms with van der Waals surface area (Å²) in [5, 5.41) is 0. The van der Waals surface area contributed by atoms with Crippen molar-refractivity contribution < 1.29 is 4.39 Å². The van der Waals surface area contributed by atoms with Crippen LogP contribution >= 0.6 is 0 Å². The molecule has 50 valence electrons. The Balaban J connectivity index is 4.27. The standard InChI is InChI=1S/C8H11F/c1-4-7(2)8(3)5-6-9/h4-6H,1H2,2-3H3/b6-5+,8-7-. The van der Waals surface area contributed by atoms with Crippen LogP contribution < -0.4 is 0 Å². The average molecular weight is 126 g/mol. The summed E-state index contributed by atoms with van der Waals surface area (Å²) in [6.07, 6.45) is 3.65. The lowest BCUT2D eigenvalue weighted by Gasteiger charge is -1.92. The summed E-state index contributed by atoms with van der Waals surface area (Å²) in [4.78, 5) is 0. The first-order valence-electron chi connectivity index (χ1n) is 2.79. The molecule has 0 N–H and O–H groups in total. The molecule has 0 fully saturated rings. The topological polar surface area (TPSA) is 0 Å². The molecule has 9 heavy (non-hydrogen) atoms. The SMILES string of the molecule is C=C/C(C)=C(C)\C=C\F. The molecule has 0 amide bonds. The number of hydrogen-bond donors (Lipinski definition) is 0. The molecule has 0 saturated heterocycles. The van der Waals surface area contributed by atoms with Gasteiger partial charge in [-0.25, -0.2) is 4.39 Å². The summed E-state index contributed by atoms with van der Waals surface area (Å²) in [6.45, 7) is 7.28. The molecular weight excluding hydrogens is 115 g/mol. The fourth-order valence-electron chi connectivity index (χ4n) is 0.387. The van der Waals surface area contributed by atoms with Gasteiger partial charge in [-0.15, -0.1) is 0 Å². The molecule has 0 nitrogen and oxygen atoms in total. The van der Waals surface area contributed by atoms with Crippen LogP contribution in [0.5, 0.6) is 0 Å². The van der Waals surface area contributed by atoms with Crippen LogP contribution in [0, 0.1) is 0 Å². The second kappa shape index (κ2) is 4.07. The van der Waals surface area contributed by atoms with E-state index in [0.717, 1.165) is 11.1 Å². The van der Waals surface area contributed by atoms with E-state index in [9.17, 15) is 4.39 Å². The number of halogens is 1. The number of allylic oxidation sites excluding steroid dienone is 4. The molecule has 0 saturated carbocycles. The fourth-order valence-corrected chi connectivity index (χ4v) is 0.387. The zero-order valence-electron chi connectivity index (χ0n) is 5.82. The second-order valence-corrected chi connectivity index (χ2v) is 1.86. The van der Waals surface area contributed by atoms with Crippen LogP contribution in [0.3, 0.4) is 0 Å². The molecule has 0 rings (SSSR count). The molecule has 0 aliphatic rings. The first-order valence-corrected chi connectivity index (χ1v) is 2.79. The van der Waals surface area contributed by atoms with E-state index in [0.29, 0.717) is 6.33 Å². The van der Waals surface area contributed by atoms with Gasteiger partial charge in [0.2, 0.25) is 0 Å². The summed E-state index contributed by atoms with van der Waals surface area (Å²) in [7, 11) is 0. The van der Waals surface area contributed by atoms with Crippen molar-refractivity contribution in [1.29, 1.82) is 0 Å². The van der Waals surface area contributed by atoms with Crippen LogP contribution in [-0.2, 0) is 0 Å². The number of rotatable bonds is 2. The van der Waals surface area contributed by atoms with Crippen molar-refractivity contribution >= 4 is 0 Å². The maximum absolute atomic E-state index is 11.5. The van der Waals surface area contributed by atoms with Gasteiger partial charge in [0.15, 0.2) is 0 Å². The molecule has 0 aromatic rings. The Hall–Kier alpha value is -0.850. The predicted molar refractivity (Wildman–Crippen MR) is 38.8 cm³/mol. The molecule has 1 heteroatoms. The Labute approximate surface area is 55.4 Å². The summed E-state index contributed by atoms with van der Waals surface area (Å²) in [5.74, 6) is 0. The largest absolute Gasteiger partial charge is 0.216 e. The van der Waals surface area contributed by atoms with Crippen LogP contribution in [0.25, 0.3) is 0 Å². The minimum atomic E-state index is 0.530. The molecule has 0 aromatic carbocycles. The van der Waals surface area contributed by atoms with Crippen molar-refractivity contribution in [2.24, 2.45) is 0 Å². The second-order valence-electron chi connectivity index (χ2n) is 1.86. The van der Waals surface area contributed by atoms with Gasteiger partial charge in [0, 0.05) is 0 Å². The molecule has 0 aromatic heterocycles. The highest BCUT2D eigenvalue weighted by atomic mass is 19.1. The van der Waals surface area contributed by atoms with Crippen LogP contribution in [0.4, 0.5) is 4.39 Å². The maximum Gasteiger partial charge on any atom is 0.0869 e. The molecule has 0 aliphatic carbocycles. The maximum atomic E-state index is 11.5. The molecule has 0 atom stereocenters. The highest BCUT2D eigenvalue weighted by molar-refractivity contribution is 5.27. The lowest BCUT2D eigenvalue weighted by atomic mass is 10.1.